The number of carbonyl (C=O) groups is 2. The molecule has 0 saturated carbocycles. The summed E-state index contributed by atoms with van der Waals surface area (Å²) >= 11 is 0. The first-order valence-electron chi connectivity index (χ1n) is 7.41. The Balaban J connectivity index is 1.75. The molecule has 2 aromatic carbocycles. The van der Waals surface area contributed by atoms with Gasteiger partial charge in [-0.05, 0) is 29.8 Å². The lowest BCUT2D eigenvalue weighted by molar-refractivity contribution is -0.115. The van der Waals surface area contributed by atoms with Gasteiger partial charge in [0, 0.05) is 23.0 Å². The Hall–Kier alpha value is -3.41. The van der Waals surface area contributed by atoms with Crippen LogP contribution in [0.25, 0.3) is 10.9 Å². The Bertz CT molecular complexity index is 903. The quantitative estimate of drug-likeness (QED) is 0.689. The van der Waals surface area contributed by atoms with Gasteiger partial charge in [-0.15, -0.1) is 0 Å². The molecular formula is C18H16N4O2. The third-order valence-electron chi connectivity index (χ3n) is 3.48. The number of para-hydroxylation sites is 1. The Morgan fingerprint density at radius 3 is 2.46 bits per heavy atom. The van der Waals surface area contributed by atoms with Crippen LogP contribution in [0.5, 0.6) is 0 Å². The largest absolute Gasteiger partial charge is 0.351 e. The van der Waals surface area contributed by atoms with Gasteiger partial charge in [-0.1, -0.05) is 30.3 Å². The molecule has 0 radical (unpaired) electrons. The number of primary amides is 1. The van der Waals surface area contributed by atoms with Gasteiger partial charge < -0.3 is 16.4 Å². The van der Waals surface area contributed by atoms with Crippen molar-refractivity contribution in [1.29, 1.82) is 0 Å². The molecule has 3 amide bonds. The van der Waals surface area contributed by atoms with E-state index in [1.165, 1.54) is 0 Å². The van der Waals surface area contributed by atoms with Crippen molar-refractivity contribution < 1.29 is 9.59 Å². The number of carbonyl (C=O) groups excluding carboxylic acids is 2. The lowest BCUT2D eigenvalue weighted by atomic mass is 10.1. The van der Waals surface area contributed by atoms with Crippen LogP contribution in [0.1, 0.15) is 5.56 Å². The second-order valence-electron chi connectivity index (χ2n) is 5.29. The molecule has 24 heavy (non-hydrogen) atoms. The van der Waals surface area contributed by atoms with Crippen molar-refractivity contribution >= 4 is 34.2 Å². The van der Waals surface area contributed by atoms with E-state index in [1.54, 1.807) is 30.5 Å². The summed E-state index contributed by atoms with van der Waals surface area (Å²) in [6.45, 7) is 0. The SMILES string of the molecule is NC(=O)Nc1cccc(NC(=O)Cc2cccc3cccnc23)c1. The number of nitrogens with one attached hydrogen (secondary N) is 2. The molecule has 0 spiro atoms. The fourth-order valence-corrected chi connectivity index (χ4v) is 2.51. The van der Waals surface area contributed by atoms with E-state index in [2.05, 4.69) is 15.6 Å². The van der Waals surface area contributed by atoms with E-state index in [0.29, 0.717) is 11.4 Å². The van der Waals surface area contributed by atoms with E-state index < -0.39 is 6.03 Å². The molecule has 0 fully saturated rings. The highest BCUT2D eigenvalue weighted by Gasteiger charge is 2.08. The molecule has 0 aliphatic carbocycles. The lowest BCUT2D eigenvalue weighted by Crippen LogP contribution is -2.19. The summed E-state index contributed by atoms with van der Waals surface area (Å²) in [6, 6.07) is 15.7. The molecular weight excluding hydrogens is 304 g/mol. The number of nitrogens with zero attached hydrogens (tertiary/aromatic N) is 1. The molecule has 0 atom stereocenters. The highest BCUT2D eigenvalue weighted by molar-refractivity contribution is 5.96. The van der Waals surface area contributed by atoms with E-state index in [1.807, 2.05) is 30.3 Å². The number of urea groups is 1. The molecule has 0 aliphatic rings. The molecule has 0 unspecified atom stereocenters. The maximum absolute atomic E-state index is 12.3. The third kappa shape index (κ3) is 3.67. The predicted octanol–water partition coefficient (Wildman–Crippen LogP) is 2.91. The van der Waals surface area contributed by atoms with Crippen LogP contribution in [0.2, 0.25) is 0 Å². The number of aromatic nitrogens is 1. The minimum atomic E-state index is -0.652. The van der Waals surface area contributed by atoms with Crippen molar-refractivity contribution in [2.45, 2.75) is 6.42 Å². The Labute approximate surface area is 138 Å². The zero-order chi connectivity index (χ0) is 16.9. The number of pyridine rings is 1. The summed E-state index contributed by atoms with van der Waals surface area (Å²) in [5.74, 6) is -0.163. The number of hydrogen-bond acceptors (Lipinski definition) is 3. The van der Waals surface area contributed by atoms with Crippen LogP contribution in [0, 0.1) is 0 Å². The normalized spacial score (nSPS) is 10.3. The Morgan fingerprint density at radius 1 is 0.958 bits per heavy atom. The van der Waals surface area contributed by atoms with Gasteiger partial charge in [0.05, 0.1) is 11.9 Å². The highest BCUT2D eigenvalue weighted by Crippen LogP contribution is 2.18. The van der Waals surface area contributed by atoms with Crippen molar-refractivity contribution in [3.8, 4) is 0 Å². The van der Waals surface area contributed by atoms with Crippen molar-refractivity contribution in [3.05, 3.63) is 66.4 Å². The number of hydrogen-bond donors (Lipinski definition) is 3. The summed E-state index contributed by atoms with van der Waals surface area (Å²) in [7, 11) is 0. The van der Waals surface area contributed by atoms with E-state index in [9.17, 15) is 9.59 Å². The fraction of sp³-hybridized carbons (Fsp3) is 0.0556. The van der Waals surface area contributed by atoms with Gasteiger partial charge in [0.15, 0.2) is 0 Å². The maximum Gasteiger partial charge on any atom is 0.316 e. The molecule has 0 saturated heterocycles. The van der Waals surface area contributed by atoms with Gasteiger partial charge in [0.1, 0.15) is 0 Å². The number of rotatable bonds is 4. The van der Waals surface area contributed by atoms with E-state index in [0.717, 1.165) is 16.5 Å². The van der Waals surface area contributed by atoms with E-state index in [4.69, 9.17) is 5.73 Å². The molecule has 3 rings (SSSR count). The van der Waals surface area contributed by atoms with Crippen LogP contribution in [0.3, 0.4) is 0 Å². The maximum atomic E-state index is 12.3. The second-order valence-corrected chi connectivity index (χ2v) is 5.29. The van der Waals surface area contributed by atoms with Gasteiger partial charge in [0.25, 0.3) is 0 Å². The third-order valence-corrected chi connectivity index (χ3v) is 3.48. The summed E-state index contributed by atoms with van der Waals surface area (Å²) in [6.07, 6.45) is 1.92. The molecule has 4 N–H and O–H groups in total. The average molecular weight is 320 g/mol. The van der Waals surface area contributed by atoms with Gasteiger partial charge >= 0.3 is 6.03 Å². The van der Waals surface area contributed by atoms with Crippen molar-refractivity contribution in [2.75, 3.05) is 10.6 Å². The number of benzene rings is 2. The van der Waals surface area contributed by atoms with Crippen LogP contribution < -0.4 is 16.4 Å². The molecule has 3 aromatic rings. The standard InChI is InChI=1S/C18H16N4O2/c19-18(24)22-15-8-2-7-14(11-15)21-16(23)10-13-5-1-4-12-6-3-9-20-17(12)13/h1-9,11H,10H2,(H,21,23)(H3,19,22,24). The minimum absolute atomic E-state index is 0.163. The monoisotopic (exact) mass is 320 g/mol. The first-order valence-corrected chi connectivity index (χ1v) is 7.41. The number of amides is 3. The zero-order valence-corrected chi connectivity index (χ0v) is 12.8. The summed E-state index contributed by atoms with van der Waals surface area (Å²) in [5, 5.41) is 6.28. The van der Waals surface area contributed by atoms with Gasteiger partial charge in [-0.25, -0.2) is 4.79 Å². The molecule has 1 aromatic heterocycles. The van der Waals surface area contributed by atoms with Crippen LogP contribution in [-0.2, 0) is 11.2 Å². The molecule has 1 heterocycles. The molecule has 0 bridgehead atoms. The van der Waals surface area contributed by atoms with E-state index in [-0.39, 0.29) is 12.3 Å². The van der Waals surface area contributed by atoms with Gasteiger partial charge in [-0.2, -0.15) is 0 Å². The highest BCUT2D eigenvalue weighted by atomic mass is 16.2. The van der Waals surface area contributed by atoms with Crippen LogP contribution in [0.15, 0.2) is 60.8 Å². The summed E-state index contributed by atoms with van der Waals surface area (Å²) in [4.78, 5) is 27.5. The fourth-order valence-electron chi connectivity index (χ4n) is 2.51. The number of fused-ring (bicyclic) bond motifs is 1. The smallest absolute Gasteiger partial charge is 0.316 e. The van der Waals surface area contributed by atoms with Crippen LogP contribution >= 0.6 is 0 Å². The Kier molecular flexibility index (Phi) is 4.38. The summed E-state index contributed by atoms with van der Waals surface area (Å²) in [5.41, 5.74) is 7.87. The molecule has 6 heteroatoms. The predicted molar refractivity (Wildman–Crippen MR) is 93.7 cm³/mol. The molecule has 120 valence electrons. The minimum Gasteiger partial charge on any atom is -0.351 e. The number of nitrogens with two attached hydrogens (primary N) is 1. The zero-order valence-electron chi connectivity index (χ0n) is 12.8. The van der Waals surface area contributed by atoms with Crippen molar-refractivity contribution in [2.24, 2.45) is 5.73 Å². The van der Waals surface area contributed by atoms with Gasteiger partial charge in [0.2, 0.25) is 5.91 Å². The second kappa shape index (κ2) is 6.78. The lowest BCUT2D eigenvalue weighted by Gasteiger charge is -2.09. The summed E-state index contributed by atoms with van der Waals surface area (Å²) < 4.78 is 0. The molecule has 0 aliphatic heterocycles. The topological polar surface area (TPSA) is 97.1 Å². The first kappa shape index (κ1) is 15.5. The Morgan fingerprint density at radius 2 is 1.67 bits per heavy atom. The van der Waals surface area contributed by atoms with Crippen molar-refractivity contribution in [3.63, 3.8) is 0 Å². The molecule has 6 nitrogen and oxygen atoms in total. The van der Waals surface area contributed by atoms with Crippen molar-refractivity contribution in [1.82, 2.24) is 4.98 Å². The van der Waals surface area contributed by atoms with Gasteiger partial charge in [-0.3, -0.25) is 9.78 Å². The van der Waals surface area contributed by atoms with E-state index >= 15 is 0 Å². The van der Waals surface area contributed by atoms with Crippen LogP contribution in [0.4, 0.5) is 16.2 Å². The first-order chi connectivity index (χ1) is 11.6. The number of anilines is 2. The van der Waals surface area contributed by atoms with Crippen LogP contribution in [-0.4, -0.2) is 16.9 Å². The average Bonchev–Trinajstić information content (AvgIpc) is 2.55.